The highest BCUT2D eigenvalue weighted by Gasteiger charge is 2.04. The van der Waals surface area contributed by atoms with Gasteiger partial charge in [0.05, 0.1) is 0 Å². The molecule has 0 aliphatic heterocycles. The number of anilines is 1. The van der Waals surface area contributed by atoms with Gasteiger partial charge in [0.2, 0.25) is 5.89 Å². The molecule has 0 fully saturated rings. The van der Waals surface area contributed by atoms with E-state index in [1.165, 1.54) is 5.56 Å². The van der Waals surface area contributed by atoms with Crippen LogP contribution >= 0.6 is 11.6 Å². The lowest BCUT2D eigenvalue weighted by atomic mass is 10.2. The van der Waals surface area contributed by atoms with Crippen LogP contribution in [0.3, 0.4) is 0 Å². The Kier molecular flexibility index (Phi) is 3.77. The van der Waals surface area contributed by atoms with Gasteiger partial charge < -0.3 is 9.73 Å². The molecule has 0 amide bonds. The number of aryl methyl sites for hydroxylation is 1. The minimum absolute atomic E-state index is 0.434. The molecule has 0 aliphatic carbocycles. The number of nitrogens with zero attached hydrogens (tertiary/aromatic N) is 2. The van der Waals surface area contributed by atoms with Crippen molar-refractivity contribution in [3.8, 4) is 0 Å². The summed E-state index contributed by atoms with van der Waals surface area (Å²) in [5.74, 6) is 1.05. The fourth-order valence-electron chi connectivity index (χ4n) is 1.28. The molecule has 1 N–H and O–H groups in total. The standard InChI is InChI=1S/C11H12ClN3O/c12-7-6-10-14-15-11(16-10)13-8-9-4-2-1-3-5-9/h1-5H,6-8H2,(H,13,15). The van der Waals surface area contributed by atoms with Crippen molar-refractivity contribution in [3.05, 3.63) is 41.8 Å². The molecule has 16 heavy (non-hydrogen) atoms. The zero-order chi connectivity index (χ0) is 11.2. The Morgan fingerprint density at radius 2 is 2.00 bits per heavy atom. The molecule has 0 radical (unpaired) electrons. The van der Waals surface area contributed by atoms with Gasteiger partial charge in [-0.05, 0) is 5.56 Å². The summed E-state index contributed by atoms with van der Waals surface area (Å²) >= 11 is 5.57. The first-order chi connectivity index (χ1) is 7.88. The van der Waals surface area contributed by atoms with Crippen molar-refractivity contribution >= 4 is 17.6 Å². The van der Waals surface area contributed by atoms with Crippen molar-refractivity contribution in [3.63, 3.8) is 0 Å². The fraction of sp³-hybridized carbons (Fsp3) is 0.273. The molecule has 2 rings (SSSR count). The topological polar surface area (TPSA) is 51.0 Å². The SMILES string of the molecule is ClCCc1nnc(NCc2ccccc2)o1. The largest absolute Gasteiger partial charge is 0.408 e. The molecule has 0 saturated carbocycles. The van der Waals surface area contributed by atoms with E-state index in [9.17, 15) is 0 Å². The molecule has 5 heteroatoms. The molecule has 84 valence electrons. The van der Waals surface area contributed by atoms with Gasteiger partial charge in [-0.2, -0.15) is 0 Å². The van der Waals surface area contributed by atoms with Gasteiger partial charge in [0.25, 0.3) is 0 Å². The van der Waals surface area contributed by atoms with Crippen LogP contribution in [0.15, 0.2) is 34.7 Å². The molecule has 0 saturated heterocycles. The van der Waals surface area contributed by atoms with E-state index in [1.807, 2.05) is 30.3 Å². The second kappa shape index (κ2) is 5.51. The Labute approximate surface area is 98.6 Å². The molecular weight excluding hydrogens is 226 g/mol. The van der Waals surface area contributed by atoms with Crippen LogP contribution in [0, 0.1) is 0 Å². The van der Waals surface area contributed by atoms with Crippen molar-refractivity contribution in [2.24, 2.45) is 0 Å². The van der Waals surface area contributed by atoms with E-state index in [2.05, 4.69) is 15.5 Å². The number of halogens is 1. The van der Waals surface area contributed by atoms with E-state index in [0.29, 0.717) is 30.8 Å². The Bertz CT molecular complexity index is 430. The third-order valence-electron chi connectivity index (χ3n) is 2.06. The summed E-state index contributed by atoms with van der Waals surface area (Å²) in [5.41, 5.74) is 1.17. The Balaban J connectivity index is 1.89. The Morgan fingerprint density at radius 1 is 1.19 bits per heavy atom. The van der Waals surface area contributed by atoms with Gasteiger partial charge in [-0.25, -0.2) is 0 Å². The third kappa shape index (κ3) is 2.97. The van der Waals surface area contributed by atoms with Gasteiger partial charge in [0, 0.05) is 18.8 Å². The summed E-state index contributed by atoms with van der Waals surface area (Å²) in [7, 11) is 0. The minimum Gasteiger partial charge on any atom is -0.408 e. The van der Waals surface area contributed by atoms with Crippen molar-refractivity contribution in [1.82, 2.24) is 10.2 Å². The van der Waals surface area contributed by atoms with Crippen LogP contribution in [0.25, 0.3) is 0 Å². The first-order valence-electron chi connectivity index (χ1n) is 5.04. The zero-order valence-electron chi connectivity index (χ0n) is 8.69. The summed E-state index contributed by atoms with van der Waals surface area (Å²) in [6.07, 6.45) is 0.599. The zero-order valence-corrected chi connectivity index (χ0v) is 9.44. The van der Waals surface area contributed by atoms with Crippen LogP contribution < -0.4 is 5.32 Å². The molecule has 1 heterocycles. The van der Waals surface area contributed by atoms with Gasteiger partial charge in [-0.3, -0.25) is 0 Å². The number of rotatable bonds is 5. The molecule has 4 nitrogen and oxygen atoms in total. The van der Waals surface area contributed by atoms with Gasteiger partial charge in [0.1, 0.15) is 0 Å². The first-order valence-corrected chi connectivity index (χ1v) is 5.58. The smallest absolute Gasteiger partial charge is 0.315 e. The highest BCUT2D eigenvalue weighted by molar-refractivity contribution is 6.17. The van der Waals surface area contributed by atoms with E-state index >= 15 is 0 Å². The minimum atomic E-state index is 0.434. The molecule has 1 aromatic heterocycles. The predicted molar refractivity (Wildman–Crippen MR) is 62.5 cm³/mol. The Morgan fingerprint density at radius 3 is 2.75 bits per heavy atom. The highest BCUT2D eigenvalue weighted by atomic mass is 35.5. The number of aromatic nitrogens is 2. The van der Waals surface area contributed by atoms with E-state index in [4.69, 9.17) is 16.0 Å². The second-order valence-electron chi connectivity index (χ2n) is 3.28. The van der Waals surface area contributed by atoms with Crippen molar-refractivity contribution < 1.29 is 4.42 Å². The molecule has 0 atom stereocenters. The molecule has 1 aromatic carbocycles. The maximum Gasteiger partial charge on any atom is 0.315 e. The van der Waals surface area contributed by atoms with Crippen LogP contribution in [0.1, 0.15) is 11.5 Å². The maximum atomic E-state index is 5.57. The third-order valence-corrected chi connectivity index (χ3v) is 2.25. The van der Waals surface area contributed by atoms with E-state index in [-0.39, 0.29) is 0 Å². The van der Waals surface area contributed by atoms with Crippen LogP contribution in [-0.4, -0.2) is 16.1 Å². The summed E-state index contributed by atoms with van der Waals surface area (Å²) in [6, 6.07) is 10.5. The van der Waals surface area contributed by atoms with Crippen molar-refractivity contribution in [1.29, 1.82) is 0 Å². The van der Waals surface area contributed by atoms with Crippen molar-refractivity contribution in [2.75, 3.05) is 11.2 Å². The fourth-order valence-corrected chi connectivity index (χ4v) is 1.44. The predicted octanol–water partition coefficient (Wildman–Crippen LogP) is 2.46. The van der Waals surface area contributed by atoms with Gasteiger partial charge >= 0.3 is 6.01 Å². The van der Waals surface area contributed by atoms with Crippen molar-refractivity contribution in [2.45, 2.75) is 13.0 Å². The normalized spacial score (nSPS) is 10.3. The van der Waals surface area contributed by atoms with Gasteiger partial charge in [-0.1, -0.05) is 35.4 Å². The van der Waals surface area contributed by atoms with E-state index in [1.54, 1.807) is 0 Å². The summed E-state index contributed by atoms with van der Waals surface area (Å²) in [4.78, 5) is 0. The number of benzene rings is 1. The monoisotopic (exact) mass is 237 g/mol. The van der Waals surface area contributed by atoms with E-state index in [0.717, 1.165) is 0 Å². The average Bonchev–Trinajstić information content (AvgIpc) is 2.76. The molecule has 0 bridgehead atoms. The molecule has 0 aliphatic rings. The van der Waals surface area contributed by atoms with Gasteiger partial charge in [-0.15, -0.1) is 16.7 Å². The van der Waals surface area contributed by atoms with E-state index < -0.39 is 0 Å². The molecule has 2 aromatic rings. The first kappa shape index (κ1) is 11.0. The van der Waals surface area contributed by atoms with Crippen LogP contribution in [0.5, 0.6) is 0 Å². The Hall–Kier alpha value is -1.55. The number of hydrogen-bond acceptors (Lipinski definition) is 4. The lowest BCUT2D eigenvalue weighted by Crippen LogP contribution is -1.98. The van der Waals surface area contributed by atoms with Crippen LogP contribution in [0.2, 0.25) is 0 Å². The highest BCUT2D eigenvalue weighted by Crippen LogP contribution is 2.08. The van der Waals surface area contributed by atoms with Gasteiger partial charge in [0.15, 0.2) is 0 Å². The number of hydrogen-bond donors (Lipinski definition) is 1. The number of alkyl halides is 1. The molecular formula is C11H12ClN3O. The molecule has 0 unspecified atom stereocenters. The quantitative estimate of drug-likeness (QED) is 0.812. The lowest BCUT2D eigenvalue weighted by molar-refractivity contribution is 0.512. The number of nitrogens with one attached hydrogen (secondary N) is 1. The molecule has 0 spiro atoms. The lowest BCUT2D eigenvalue weighted by Gasteiger charge is -2.00. The maximum absolute atomic E-state index is 5.57. The van der Waals surface area contributed by atoms with Crippen LogP contribution in [-0.2, 0) is 13.0 Å². The second-order valence-corrected chi connectivity index (χ2v) is 3.66. The summed E-state index contributed by atoms with van der Waals surface area (Å²) < 4.78 is 5.33. The summed E-state index contributed by atoms with van der Waals surface area (Å²) in [5, 5.41) is 10.8. The van der Waals surface area contributed by atoms with Crippen LogP contribution in [0.4, 0.5) is 6.01 Å². The summed E-state index contributed by atoms with van der Waals surface area (Å²) in [6.45, 7) is 0.670. The average molecular weight is 238 g/mol.